The van der Waals surface area contributed by atoms with Crippen molar-refractivity contribution in [2.45, 2.75) is 22.7 Å². The van der Waals surface area contributed by atoms with E-state index in [2.05, 4.69) is 5.32 Å². The number of nitrogens with one attached hydrogen (secondary N) is 1. The minimum atomic E-state index is -0.958. The van der Waals surface area contributed by atoms with Crippen LogP contribution in [0.15, 0.2) is 76.6 Å². The summed E-state index contributed by atoms with van der Waals surface area (Å²) in [5.41, 5.74) is 1.02. The predicted molar refractivity (Wildman–Crippen MR) is 154 cm³/mol. The highest BCUT2D eigenvalue weighted by atomic mass is 35.5. The predicted octanol–water partition coefficient (Wildman–Crippen LogP) is 5.93. The van der Waals surface area contributed by atoms with Gasteiger partial charge in [-0.25, -0.2) is 13.7 Å². The van der Waals surface area contributed by atoms with Crippen molar-refractivity contribution in [3.63, 3.8) is 0 Å². The van der Waals surface area contributed by atoms with Crippen molar-refractivity contribution in [2.24, 2.45) is 5.92 Å². The Labute approximate surface area is 249 Å². The summed E-state index contributed by atoms with van der Waals surface area (Å²) in [6.45, 7) is -0.383. The summed E-state index contributed by atoms with van der Waals surface area (Å²) < 4.78 is 28.1. The van der Waals surface area contributed by atoms with E-state index in [0.29, 0.717) is 21.2 Å². The largest absolute Gasteiger partial charge is 0.325 e. The van der Waals surface area contributed by atoms with E-state index in [-0.39, 0.29) is 22.3 Å². The molecule has 4 aromatic rings. The Morgan fingerprint density at radius 1 is 0.902 bits per heavy atom. The minimum Gasteiger partial charge on any atom is -0.325 e. The van der Waals surface area contributed by atoms with Crippen LogP contribution < -0.4 is 15.1 Å². The zero-order valence-corrected chi connectivity index (χ0v) is 23.8. The number of nitrogens with zero attached hydrogens (tertiary/aromatic N) is 2. The van der Waals surface area contributed by atoms with Gasteiger partial charge in [0.25, 0.3) is 0 Å². The highest BCUT2D eigenvalue weighted by Crippen LogP contribution is 2.55. The van der Waals surface area contributed by atoms with E-state index in [4.69, 9.17) is 23.2 Å². The Bertz CT molecular complexity index is 1780. The van der Waals surface area contributed by atoms with Gasteiger partial charge in [0.15, 0.2) is 0 Å². The lowest BCUT2D eigenvalue weighted by Gasteiger charge is -2.31. The second kappa shape index (κ2) is 10.7. The van der Waals surface area contributed by atoms with Crippen LogP contribution in [-0.4, -0.2) is 27.5 Å². The second-order valence-electron chi connectivity index (χ2n) is 9.35. The van der Waals surface area contributed by atoms with Crippen LogP contribution in [0.5, 0.6) is 0 Å². The van der Waals surface area contributed by atoms with Crippen molar-refractivity contribution in [1.29, 1.82) is 0 Å². The first-order valence-electron chi connectivity index (χ1n) is 12.2. The summed E-state index contributed by atoms with van der Waals surface area (Å²) >= 11 is 14.8. The van der Waals surface area contributed by atoms with E-state index in [1.807, 2.05) is 0 Å². The number of hydrogen-bond donors (Lipinski definition) is 1. The Morgan fingerprint density at radius 3 is 2.24 bits per heavy atom. The molecule has 208 valence electrons. The first kappa shape index (κ1) is 27.6. The highest BCUT2D eigenvalue weighted by molar-refractivity contribution is 8.00. The lowest BCUT2D eigenvalue weighted by Crippen LogP contribution is -2.33. The van der Waals surface area contributed by atoms with E-state index in [1.165, 1.54) is 41.0 Å². The number of carbonyl (C=O) groups excluding carboxylic acids is 3. The van der Waals surface area contributed by atoms with Crippen LogP contribution in [-0.2, 0) is 20.9 Å². The Kier molecular flexibility index (Phi) is 7.23. The van der Waals surface area contributed by atoms with Crippen LogP contribution in [0.1, 0.15) is 16.4 Å². The van der Waals surface area contributed by atoms with Gasteiger partial charge in [0, 0.05) is 16.5 Å². The molecule has 2 aliphatic rings. The average molecular weight is 632 g/mol. The molecule has 3 atom stereocenters. The average Bonchev–Trinajstić information content (AvgIpc) is 3.38. The van der Waals surface area contributed by atoms with Crippen molar-refractivity contribution in [2.75, 3.05) is 10.2 Å². The smallest absolute Gasteiger partial charge is 0.308 e. The van der Waals surface area contributed by atoms with Crippen molar-refractivity contribution < 1.29 is 23.2 Å². The fraction of sp³-hybridized carbons (Fsp3) is 0.143. The van der Waals surface area contributed by atoms with Gasteiger partial charge in [-0.15, -0.1) is 0 Å². The maximum Gasteiger partial charge on any atom is 0.308 e. The summed E-state index contributed by atoms with van der Waals surface area (Å²) in [4.78, 5) is 54.8. The first-order chi connectivity index (χ1) is 19.6. The number of halogens is 4. The van der Waals surface area contributed by atoms with Crippen LogP contribution in [0.4, 0.5) is 20.2 Å². The standard InChI is InChI=1S/C28H17Cl2F2N3O4S2/c29-18-3-1-2-17(22(18)30)20-21-23(26(38)35(25(21)37)16-10-6-14(32)7-11-16)40-27-24(20)41-28(39)34(27)12-19(36)33-15-8-4-13(31)5-9-15/h1-11,20-21,23H,12H2,(H,33,36). The fourth-order valence-corrected chi connectivity index (χ4v) is 8.26. The number of amides is 3. The molecule has 3 heterocycles. The van der Waals surface area contributed by atoms with E-state index in [0.717, 1.165) is 40.1 Å². The molecule has 0 saturated carbocycles. The highest BCUT2D eigenvalue weighted by Gasteiger charge is 2.57. The van der Waals surface area contributed by atoms with E-state index in [1.54, 1.807) is 18.2 Å². The number of rotatable bonds is 5. The summed E-state index contributed by atoms with van der Waals surface area (Å²) in [7, 11) is 0. The Hall–Kier alpha value is -3.51. The van der Waals surface area contributed by atoms with Gasteiger partial charge < -0.3 is 5.32 Å². The third-order valence-electron chi connectivity index (χ3n) is 6.88. The number of imide groups is 1. The molecule has 1 N–H and O–H groups in total. The van der Waals surface area contributed by atoms with Crippen molar-refractivity contribution in [1.82, 2.24) is 4.57 Å². The summed E-state index contributed by atoms with van der Waals surface area (Å²) in [6, 6.07) is 15.1. The normalized spacial score (nSPS) is 19.7. The van der Waals surface area contributed by atoms with Gasteiger partial charge in [0.05, 0.1) is 26.7 Å². The molecule has 13 heteroatoms. The molecule has 1 saturated heterocycles. The van der Waals surface area contributed by atoms with Crippen LogP contribution in [0, 0.1) is 17.6 Å². The topological polar surface area (TPSA) is 88.5 Å². The Morgan fingerprint density at radius 2 is 1.56 bits per heavy atom. The molecule has 3 aromatic carbocycles. The molecule has 7 nitrogen and oxygen atoms in total. The van der Waals surface area contributed by atoms with Gasteiger partial charge in [-0.2, -0.15) is 0 Å². The molecule has 0 radical (unpaired) electrons. The maximum absolute atomic E-state index is 13.9. The molecule has 2 aliphatic heterocycles. The molecular formula is C28H17Cl2F2N3O4S2. The third kappa shape index (κ3) is 4.86. The van der Waals surface area contributed by atoms with Gasteiger partial charge in [-0.1, -0.05) is 58.4 Å². The molecule has 1 fully saturated rings. The second-order valence-corrected chi connectivity index (χ2v) is 12.3. The molecule has 41 heavy (non-hydrogen) atoms. The van der Waals surface area contributed by atoms with Gasteiger partial charge in [-0.3, -0.25) is 23.7 Å². The van der Waals surface area contributed by atoms with Crippen molar-refractivity contribution in [3.05, 3.63) is 109 Å². The molecular weight excluding hydrogens is 615 g/mol. The number of thioether (sulfide) groups is 1. The Balaban J connectivity index is 1.43. The van der Waals surface area contributed by atoms with Crippen molar-refractivity contribution >= 4 is 75.4 Å². The molecule has 0 spiro atoms. The van der Waals surface area contributed by atoms with E-state index in [9.17, 15) is 28.0 Å². The van der Waals surface area contributed by atoms with E-state index >= 15 is 0 Å². The van der Waals surface area contributed by atoms with Crippen LogP contribution in [0.25, 0.3) is 0 Å². The van der Waals surface area contributed by atoms with Gasteiger partial charge in [0.1, 0.15) is 23.4 Å². The number of thiazole rings is 1. The molecule has 0 aliphatic carbocycles. The molecule has 0 bridgehead atoms. The zero-order valence-electron chi connectivity index (χ0n) is 20.6. The first-order valence-corrected chi connectivity index (χ1v) is 14.6. The van der Waals surface area contributed by atoms with Crippen molar-refractivity contribution in [3.8, 4) is 0 Å². The summed E-state index contributed by atoms with van der Waals surface area (Å²) in [5.74, 6) is -4.34. The van der Waals surface area contributed by atoms with Crippen LogP contribution in [0.3, 0.4) is 0 Å². The quantitative estimate of drug-likeness (QED) is 0.276. The molecule has 3 unspecified atom stereocenters. The summed E-state index contributed by atoms with van der Waals surface area (Å²) in [5, 5.41) is 2.44. The third-order valence-corrected chi connectivity index (χ3v) is 10.3. The van der Waals surface area contributed by atoms with Gasteiger partial charge in [0.2, 0.25) is 17.7 Å². The molecule has 1 aromatic heterocycles. The monoisotopic (exact) mass is 631 g/mol. The maximum atomic E-state index is 13.9. The van der Waals surface area contributed by atoms with E-state index < -0.39 is 51.3 Å². The fourth-order valence-electron chi connectivity index (χ4n) is 5.07. The summed E-state index contributed by atoms with van der Waals surface area (Å²) in [6.07, 6.45) is 0. The number of fused-ring (bicyclic) bond motifs is 2. The van der Waals surface area contributed by atoms with Crippen LogP contribution >= 0.6 is 46.3 Å². The SMILES string of the molecule is O=C(Cn1c2c(sc1=O)C(c1cccc(Cl)c1Cl)C1C(=O)N(c3ccc(F)cc3)C(=O)C1S2)Nc1ccc(F)cc1. The zero-order chi connectivity index (χ0) is 29.0. The molecule has 3 amide bonds. The number of anilines is 2. The van der Waals surface area contributed by atoms with Gasteiger partial charge in [-0.05, 0) is 60.2 Å². The van der Waals surface area contributed by atoms with Crippen LogP contribution in [0.2, 0.25) is 10.0 Å². The number of carbonyl (C=O) groups is 3. The number of hydrogen-bond acceptors (Lipinski definition) is 6. The lowest BCUT2D eigenvalue weighted by molar-refractivity contribution is -0.122. The molecule has 6 rings (SSSR count). The van der Waals surface area contributed by atoms with Gasteiger partial charge >= 0.3 is 4.87 Å². The minimum absolute atomic E-state index is 0.178. The number of aromatic nitrogens is 1. The lowest BCUT2D eigenvalue weighted by atomic mass is 9.83. The number of benzene rings is 3.